The number of rotatable bonds is 3. The number of hydrogen-bond donors (Lipinski definition) is 1. The van der Waals surface area contributed by atoms with Crippen LogP contribution in [0.2, 0.25) is 0 Å². The Hall–Kier alpha value is -2.38. The molecule has 2 aliphatic heterocycles. The minimum absolute atomic E-state index is 0.0743. The van der Waals surface area contributed by atoms with Gasteiger partial charge in [-0.1, -0.05) is 0 Å². The van der Waals surface area contributed by atoms with Crippen molar-refractivity contribution in [1.82, 2.24) is 14.9 Å². The van der Waals surface area contributed by atoms with Crippen LogP contribution in [0.5, 0.6) is 0 Å². The van der Waals surface area contributed by atoms with Crippen LogP contribution < -0.4 is 9.80 Å². The van der Waals surface area contributed by atoms with Crippen LogP contribution in [-0.2, 0) is 9.59 Å². The van der Waals surface area contributed by atoms with Gasteiger partial charge in [-0.3, -0.25) is 9.59 Å². The average Bonchev–Trinajstić information content (AvgIpc) is 2.83. The molecule has 0 aromatic carbocycles. The maximum Gasteiger partial charge on any atom is 0.309 e. The van der Waals surface area contributed by atoms with E-state index < -0.39 is 17.4 Å². The quantitative estimate of drug-likeness (QED) is 0.861. The van der Waals surface area contributed by atoms with Crippen molar-refractivity contribution in [3.8, 4) is 0 Å². The van der Waals surface area contributed by atoms with Gasteiger partial charge >= 0.3 is 5.97 Å². The Morgan fingerprint density at radius 1 is 1.23 bits per heavy atom. The fourth-order valence-corrected chi connectivity index (χ4v) is 4.20. The highest BCUT2D eigenvalue weighted by atomic mass is 16.4. The lowest BCUT2D eigenvalue weighted by atomic mass is 9.77. The maximum absolute atomic E-state index is 12.2. The third-order valence-corrected chi connectivity index (χ3v) is 6.05. The summed E-state index contributed by atoms with van der Waals surface area (Å²) in [7, 11) is 5.57. The molecule has 8 nitrogen and oxygen atoms in total. The molecule has 142 valence electrons. The first-order chi connectivity index (χ1) is 12.2. The van der Waals surface area contributed by atoms with Gasteiger partial charge in [0.2, 0.25) is 11.9 Å². The molecule has 0 saturated carbocycles. The van der Waals surface area contributed by atoms with Crippen molar-refractivity contribution in [2.45, 2.75) is 38.6 Å². The van der Waals surface area contributed by atoms with Crippen LogP contribution in [-0.4, -0.2) is 71.6 Å². The Bertz CT molecular complexity index is 741. The van der Waals surface area contributed by atoms with Crippen LogP contribution >= 0.6 is 0 Å². The van der Waals surface area contributed by atoms with E-state index in [1.165, 1.54) is 0 Å². The summed E-state index contributed by atoms with van der Waals surface area (Å²) in [5.41, 5.74) is 1.40. The van der Waals surface area contributed by atoms with E-state index in [0.29, 0.717) is 31.9 Å². The van der Waals surface area contributed by atoms with Crippen molar-refractivity contribution >= 4 is 23.6 Å². The maximum atomic E-state index is 12.2. The van der Waals surface area contributed by atoms with E-state index in [9.17, 15) is 14.7 Å². The molecule has 0 bridgehead atoms. The van der Waals surface area contributed by atoms with E-state index in [-0.39, 0.29) is 12.3 Å². The van der Waals surface area contributed by atoms with Crippen LogP contribution in [0.3, 0.4) is 0 Å². The lowest BCUT2D eigenvalue weighted by Crippen LogP contribution is -2.56. The highest BCUT2D eigenvalue weighted by molar-refractivity contribution is 5.88. The van der Waals surface area contributed by atoms with Crippen LogP contribution in [0.25, 0.3) is 0 Å². The SMILES string of the molecule is Cc1nc(N(C)C)nc(N2CCC3(CC2)[C@@H](C(=O)O)CC(=O)N3C)c1C. The summed E-state index contributed by atoms with van der Waals surface area (Å²) in [6.07, 6.45) is 1.36. The number of carboxylic acids is 1. The Morgan fingerprint density at radius 3 is 2.38 bits per heavy atom. The summed E-state index contributed by atoms with van der Waals surface area (Å²) < 4.78 is 0. The van der Waals surface area contributed by atoms with Gasteiger partial charge in [-0.2, -0.15) is 4.98 Å². The molecule has 0 aliphatic carbocycles. The third kappa shape index (κ3) is 2.77. The number of aliphatic carboxylic acids is 1. The van der Waals surface area contributed by atoms with E-state index in [0.717, 1.165) is 17.1 Å². The average molecular weight is 361 g/mol. The summed E-state index contributed by atoms with van der Waals surface area (Å²) in [5.74, 6) is -0.0162. The molecular weight excluding hydrogens is 334 g/mol. The molecule has 2 aliphatic rings. The zero-order valence-electron chi connectivity index (χ0n) is 16.1. The van der Waals surface area contributed by atoms with Crippen molar-refractivity contribution in [3.63, 3.8) is 0 Å². The van der Waals surface area contributed by atoms with Crippen LogP contribution in [0.1, 0.15) is 30.5 Å². The molecule has 1 aromatic rings. The van der Waals surface area contributed by atoms with Crippen molar-refractivity contribution in [2.75, 3.05) is 44.0 Å². The van der Waals surface area contributed by atoms with E-state index >= 15 is 0 Å². The molecule has 1 spiro atoms. The molecule has 8 heteroatoms. The fraction of sp³-hybridized carbons (Fsp3) is 0.667. The smallest absolute Gasteiger partial charge is 0.309 e. The highest BCUT2D eigenvalue weighted by Gasteiger charge is 2.55. The number of nitrogens with zero attached hydrogens (tertiary/aromatic N) is 5. The number of piperidine rings is 1. The van der Waals surface area contributed by atoms with Gasteiger partial charge in [-0.25, -0.2) is 4.98 Å². The number of carbonyl (C=O) groups excluding carboxylic acids is 1. The number of aromatic nitrogens is 2. The van der Waals surface area contributed by atoms with E-state index in [2.05, 4.69) is 9.88 Å². The van der Waals surface area contributed by atoms with Gasteiger partial charge in [0.15, 0.2) is 0 Å². The predicted octanol–water partition coefficient (Wildman–Crippen LogP) is 1.06. The first-order valence-electron chi connectivity index (χ1n) is 8.94. The van der Waals surface area contributed by atoms with Crippen molar-refractivity contribution in [2.24, 2.45) is 5.92 Å². The summed E-state index contributed by atoms with van der Waals surface area (Å²) in [6, 6.07) is 0. The third-order valence-electron chi connectivity index (χ3n) is 6.05. The van der Waals surface area contributed by atoms with Gasteiger partial charge in [0.05, 0.1) is 11.5 Å². The fourth-order valence-electron chi connectivity index (χ4n) is 4.20. The van der Waals surface area contributed by atoms with Gasteiger partial charge in [-0.05, 0) is 26.7 Å². The normalized spacial score (nSPS) is 22.2. The molecule has 1 amide bonds. The number of hydrogen-bond acceptors (Lipinski definition) is 6. The second-order valence-electron chi connectivity index (χ2n) is 7.59. The second-order valence-corrected chi connectivity index (χ2v) is 7.59. The second kappa shape index (κ2) is 6.41. The first-order valence-corrected chi connectivity index (χ1v) is 8.94. The van der Waals surface area contributed by atoms with Crippen molar-refractivity contribution in [3.05, 3.63) is 11.3 Å². The molecule has 0 unspecified atom stereocenters. The topological polar surface area (TPSA) is 89.9 Å². The summed E-state index contributed by atoms with van der Waals surface area (Å²) in [5, 5.41) is 9.61. The minimum atomic E-state index is -0.875. The minimum Gasteiger partial charge on any atom is -0.481 e. The molecule has 3 rings (SSSR count). The lowest BCUT2D eigenvalue weighted by Gasteiger charge is -2.46. The molecule has 0 radical (unpaired) electrons. The van der Waals surface area contributed by atoms with E-state index in [1.54, 1.807) is 11.9 Å². The molecule has 2 saturated heterocycles. The molecular formula is C18H27N5O3. The molecule has 1 atom stereocenters. The van der Waals surface area contributed by atoms with Crippen LogP contribution in [0.4, 0.5) is 11.8 Å². The molecule has 3 heterocycles. The van der Waals surface area contributed by atoms with Gasteiger partial charge in [0, 0.05) is 51.9 Å². The van der Waals surface area contributed by atoms with Gasteiger partial charge in [0.25, 0.3) is 0 Å². The lowest BCUT2D eigenvalue weighted by molar-refractivity contribution is -0.145. The molecule has 1 N–H and O–H groups in total. The molecule has 26 heavy (non-hydrogen) atoms. The van der Waals surface area contributed by atoms with Gasteiger partial charge in [0.1, 0.15) is 5.82 Å². The number of carbonyl (C=O) groups is 2. The van der Waals surface area contributed by atoms with Crippen molar-refractivity contribution < 1.29 is 14.7 Å². The van der Waals surface area contributed by atoms with Gasteiger partial charge < -0.3 is 19.8 Å². The Morgan fingerprint density at radius 2 is 1.85 bits per heavy atom. The Balaban J connectivity index is 1.87. The van der Waals surface area contributed by atoms with Crippen molar-refractivity contribution in [1.29, 1.82) is 0 Å². The predicted molar refractivity (Wildman–Crippen MR) is 98.5 cm³/mol. The van der Waals surface area contributed by atoms with E-state index in [1.807, 2.05) is 32.8 Å². The van der Waals surface area contributed by atoms with Crippen LogP contribution in [0, 0.1) is 19.8 Å². The van der Waals surface area contributed by atoms with Gasteiger partial charge in [-0.15, -0.1) is 0 Å². The number of aryl methyl sites for hydroxylation is 1. The summed E-state index contributed by atoms with van der Waals surface area (Å²) in [6.45, 7) is 5.33. The Kier molecular flexibility index (Phi) is 4.54. The number of anilines is 2. The monoisotopic (exact) mass is 361 g/mol. The number of likely N-dealkylation sites (tertiary alicyclic amines) is 1. The first kappa shape index (κ1) is 18.4. The molecule has 1 aromatic heterocycles. The summed E-state index contributed by atoms with van der Waals surface area (Å²) >= 11 is 0. The zero-order chi connectivity index (χ0) is 19.2. The standard InChI is InChI=1S/C18H27N5O3/c1-11-12(2)19-17(21(3)4)20-15(11)23-8-6-18(7-9-23)13(16(25)26)10-14(24)22(18)5/h13H,6-10H2,1-5H3,(H,25,26)/t13-/m1/s1. The molecule has 2 fully saturated rings. The zero-order valence-corrected chi connectivity index (χ0v) is 16.1. The number of carboxylic acid groups (broad SMARTS) is 1. The summed E-state index contributed by atoms with van der Waals surface area (Å²) in [4.78, 5) is 38.8. The Labute approximate surface area is 153 Å². The number of amides is 1. The largest absolute Gasteiger partial charge is 0.481 e. The highest BCUT2D eigenvalue weighted by Crippen LogP contribution is 2.43. The van der Waals surface area contributed by atoms with E-state index in [4.69, 9.17) is 4.98 Å². The van der Waals surface area contributed by atoms with Crippen LogP contribution in [0.15, 0.2) is 0 Å².